The van der Waals surface area contributed by atoms with Gasteiger partial charge >= 0.3 is 0 Å². The maximum atomic E-state index is 11.7. The van der Waals surface area contributed by atoms with Crippen molar-refractivity contribution in [1.82, 2.24) is 5.32 Å². The Morgan fingerprint density at radius 2 is 2.06 bits per heavy atom. The molecule has 0 spiro atoms. The van der Waals surface area contributed by atoms with E-state index in [2.05, 4.69) is 11.4 Å². The summed E-state index contributed by atoms with van der Waals surface area (Å²) < 4.78 is 0. The van der Waals surface area contributed by atoms with Crippen molar-refractivity contribution >= 4 is 11.8 Å². The van der Waals surface area contributed by atoms with Crippen molar-refractivity contribution in [2.45, 2.75) is 26.2 Å². The van der Waals surface area contributed by atoms with Gasteiger partial charge in [-0.1, -0.05) is 18.2 Å². The molecule has 17 heavy (non-hydrogen) atoms. The highest BCUT2D eigenvalue weighted by Crippen LogP contribution is 2.12. The number of carbonyl (C=O) groups is 2. The van der Waals surface area contributed by atoms with Crippen molar-refractivity contribution in [2.75, 3.05) is 0 Å². The Bertz CT molecular complexity index is 461. The summed E-state index contributed by atoms with van der Waals surface area (Å²) in [4.78, 5) is 22.5. The number of nitrogens with one attached hydrogen (secondary N) is 1. The highest BCUT2D eigenvalue weighted by Gasteiger charge is 2.11. The van der Waals surface area contributed by atoms with Crippen LogP contribution in [0.1, 0.15) is 35.7 Å². The third-order valence-corrected chi connectivity index (χ3v) is 2.29. The summed E-state index contributed by atoms with van der Waals surface area (Å²) >= 11 is 0. The molecular formula is C13H14N2O2. The smallest absolute Gasteiger partial charge is 0.258 e. The Hall–Kier alpha value is -2.15. The minimum Gasteiger partial charge on any atom is -0.293 e. The second kappa shape index (κ2) is 6.44. The lowest BCUT2D eigenvalue weighted by Gasteiger charge is -2.07. The highest BCUT2D eigenvalue weighted by atomic mass is 16.2. The van der Waals surface area contributed by atoms with Crippen LogP contribution in [0.4, 0.5) is 0 Å². The number of unbranched alkanes of at least 4 members (excludes halogenated alkanes) is 1. The molecule has 1 aromatic rings. The average molecular weight is 230 g/mol. The predicted octanol–water partition coefficient (Wildman–Crippen LogP) is 1.81. The third-order valence-electron chi connectivity index (χ3n) is 2.29. The largest absolute Gasteiger partial charge is 0.293 e. The van der Waals surface area contributed by atoms with E-state index in [-0.39, 0.29) is 11.8 Å². The minimum absolute atomic E-state index is 0.373. The summed E-state index contributed by atoms with van der Waals surface area (Å²) in [6.45, 7) is 1.30. The molecule has 1 aromatic carbocycles. The molecular weight excluding hydrogens is 216 g/mol. The van der Waals surface area contributed by atoms with Gasteiger partial charge in [0.1, 0.15) is 0 Å². The van der Waals surface area contributed by atoms with Crippen LogP contribution >= 0.6 is 0 Å². The van der Waals surface area contributed by atoms with E-state index in [4.69, 9.17) is 5.26 Å². The molecule has 0 saturated carbocycles. The second-order valence-electron chi connectivity index (χ2n) is 3.68. The molecule has 0 aliphatic rings. The van der Waals surface area contributed by atoms with E-state index < -0.39 is 0 Å². The number of nitriles is 1. The van der Waals surface area contributed by atoms with Crippen LogP contribution in [0.25, 0.3) is 0 Å². The van der Waals surface area contributed by atoms with Gasteiger partial charge in [-0.3, -0.25) is 14.9 Å². The van der Waals surface area contributed by atoms with Gasteiger partial charge in [0, 0.05) is 18.9 Å². The highest BCUT2D eigenvalue weighted by molar-refractivity contribution is 6.04. The van der Waals surface area contributed by atoms with Crippen LogP contribution in [0.15, 0.2) is 24.3 Å². The second-order valence-corrected chi connectivity index (χ2v) is 3.68. The van der Waals surface area contributed by atoms with Gasteiger partial charge in [-0.05, 0) is 24.5 Å². The zero-order valence-corrected chi connectivity index (χ0v) is 9.69. The topological polar surface area (TPSA) is 70.0 Å². The number of aryl methyl sites for hydroxylation is 1. The molecule has 0 unspecified atom stereocenters. The summed E-state index contributed by atoms with van der Waals surface area (Å²) in [6, 6.07) is 9.18. The Kier molecular flexibility index (Phi) is 4.89. The van der Waals surface area contributed by atoms with E-state index in [1.807, 2.05) is 12.1 Å². The van der Waals surface area contributed by atoms with Gasteiger partial charge in [-0.15, -0.1) is 0 Å². The number of benzene rings is 1. The number of nitrogens with zero attached hydrogens (tertiary/aromatic N) is 1. The van der Waals surface area contributed by atoms with Crippen LogP contribution in [0, 0.1) is 11.3 Å². The maximum absolute atomic E-state index is 11.7. The number of carbonyl (C=O) groups excluding carboxylic acids is 2. The van der Waals surface area contributed by atoms with Crippen LogP contribution in [-0.4, -0.2) is 11.8 Å². The lowest BCUT2D eigenvalue weighted by Crippen LogP contribution is -2.28. The number of hydrogen-bond acceptors (Lipinski definition) is 3. The summed E-state index contributed by atoms with van der Waals surface area (Å²) in [5.74, 6) is -0.758. The zero-order valence-electron chi connectivity index (χ0n) is 9.69. The fourth-order valence-electron chi connectivity index (χ4n) is 1.54. The van der Waals surface area contributed by atoms with Crippen molar-refractivity contribution in [3.8, 4) is 6.07 Å². The van der Waals surface area contributed by atoms with Crippen LogP contribution in [0.2, 0.25) is 0 Å². The van der Waals surface area contributed by atoms with Crippen LogP contribution in [0.3, 0.4) is 0 Å². The van der Waals surface area contributed by atoms with Gasteiger partial charge in [0.15, 0.2) is 0 Å². The number of amides is 2. The summed E-state index contributed by atoms with van der Waals surface area (Å²) in [7, 11) is 0. The van der Waals surface area contributed by atoms with Crippen molar-refractivity contribution in [1.29, 1.82) is 5.26 Å². The Morgan fingerprint density at radius 1 is 1.35 bits per heavy atom. The molecule has 88 valence electrons. The first kappa shape index (κ1) is 12.9. The number of rotatable bonds is 4. The molecule has 0 aromatic heterocycles. The molecule has 0 radical (unpaired) electrons. The first-order valence-corrected chi connectivity index (χ1v) is 5.42. The maximum Gasteiger partial charge on any atom is 0.258 e. The van der Waals surface area contributed by atoms with Crippen molar-refractivity contribution in [3.05, 3.63) is 35.4 Å². The lowest BCUT2D eigenvalue weighted by molar-refractivity contribution is -0.118. The molecule has 0 atom stereocenters. The normalized spacial score (nSPS) is 9.41. The van der Waals surface area contributed by atoms with E-state index in [0.717, 1.165) is 5.56 Å². The summed E-state index contributed by atoms with van der Waals surface area (Å²) in [5, 5.41) is 10.7. The quantitative estimate of drug-likeness (QED) is 0.802. The number of hydrogen-bond donors (Lipinski definition) is 1. The van der Waals surface area contributed by atoms with Crippen LogP contribution < -0.4 is 5.32 Å². The first-order valence-electron chi connectivity index (χ1n) is 5.42. The van der Waals surface area contributed by atoms with Gasteiger partial charge in [-0.2, -0.15) is 5.26 Å². The molecule has 0 fully saturated rings. The molecule has 4 nitrogen and oxygen atoms in total. The summed E-state index contributed by atoms with van der Waals surface area (Å²) in [6.07, 6.45) is 1.83. The molecule has 0 aliphatic heterocycles. The molecule has 0 heterocycles. The molecule has 1 rings (SSSR count). The van der Waals surface area contributed by atoms with Crippen molar-refractivity contribution in [3.63, 3.8) is 0 Å². The molecule has 1 N–H and O–H groups in total. The Balaban J connectivity index is 2.80. The molecule has 2 amide bonds. The Labute approximate surface area is 100 Å². The van der Waals surface area contributed by atoms with Crippen molar-refractivity contribution in [2.24, 2.45) is 0 Å². The fraction of sp³-hybridized carbons (Fsp3) is 0.308. The molecule has 0 aliphatic carbocycles. The Morgan fingerprint density at radius 3 is 2.71 bits per heavy atom. The SMILES string of the molecule is CC(=O)NC(=O)c1ccccc1CCCC#N. The number of imide groups is 1. The van der Waals surface area contributed by atoms with Gasteiger partial charge < -0.3 is 0 Å². The minimum atomic E-state index is -0.384. The van der Waals surface area contributed by atoms with Gasteiger partial charge in [0.2, 0.25) is 5.91 Å². The third kappa shape index (κ3) is 4.07. The van der Waals surface area contributed by atoms with E-state index in [1.165, 1.54) is 6.92 Å². The monoisotopic (exact) mass is 230 g/mol. The van der Waals surface area contributed by atoms with Crippen molar-refractivity contribution < 1.29 is 9.59 Å². The van der Waals surface area contributed by atoms with E-state index in [9.17, 15) is 9.59 Å². The van der Waals surface area contributed by atoms with E-state index in [0.29, 0.717) is 24.8 Å². The summed E-state index contributed by atoms with van der Waals surface area (Å²) in [5.41, 5.74) is 1.36. The van der Waals surface area contributed by atoms with Gasteiger partial charge in [-0.25, -0.2) is 0 Å². The van der Waals surface area contributed by atoms with Crippen LogP contribution in [-0.2, 0) is 11.2 Å². The van der Waals surface area contributed by atoms with E-state index in [1.54, 1.807) is 12.1 Å². The predicted molar refractivity (Wildman–Crippen MR) is 63.1 cm³/mol. The lowest BCUT2D eigenvalue weighted by atomic mass is 10.0. The van der Waals surface area contributed by atoms with Gasteiger partial charge in [0.25, 0.3) is 5.91 Å². The molecule has 0 bridgehead atoms. The van der Waals surface area contributed by atoms with Crippen LogP contribution in [0.5, 0.6) is 0 Å². The average Bonchev–Trinajstić information content (AvgIpc) is 2.29. The van der Waals surface area contributed by atoms with Gasteiger partial charge in [0.05, 0.1) is 6.07 Å². The fourth-order valence-corrected chi connectivity index (χ4v) is 1.54. The molecule has 0 saturated heterocycles. The van der Waals surface area contributed by atoms with E-state index >= 15 is 0 Å². The zero-order chi connectivity index (χ0) is 12.7. The first-order chi connectivity index (χ1) is 8.15. The standard InChI is InChI=1S/C13H14N2O2/c1-10(16)15-13(17)12-8-3-2-6-11(12)7-4-5-9-14/h2-3,6,8H,4-5,7H2,1H3,(H,15,16,17). The molecule has 4 heteroatoms.